The summed E-state index contributed by atoms with van der Waals surface area (Å²) in [5, 5.41) is 0. The molecule has 3 rings (SSSR count). The van der Waals surface area contributed by atoms with Gasteiger partial charge < -0.3 is 0 Å². The van der Waals surface area contributed by atoms with Gasteiger partial charge in [-0.3, -0.25) is 9.63 Å². The molecule has 0 aliphatic heterocycles. The summed E-state index contributed by atoms with van der Waals surface area (Å²) in [4.78, 5) is 17.1. The zero-order valence-corrected chi connectivity index (χ0v) is 10.1. The van der Waals surface area contributed by atoms with Gasteiger partial charge >= 0.3 is 0 Å². The third-order valence-electron chi connectivity index (χ3n) is 4.63. The van der Waals surface area contributed by atoms with Gasteiger partial charge in [0.25, 0.3) is 0 Å². The van der Waals surface area contributed by atoms with E-state index in [1.165, 1.54) is 19.3 Å². The van der Waals surface area contributed by atoms with Gasteiger partial charge in [0.05, 0.1) is 6.61 Å². The number of nitrogens with one attached hydrogen (secondary N) is 1. The lowest BCUT2D eigenvalue weighted by molar-refractivity contribution is -0.136. The van der Waals surface area contributed by atoms with E-state index in [1.54, 1.807) is 0 Å². The molecule has 0 spiro atoms. The summed E-state index contributed by atoms with van der Waals surface area (Å²) in [6.45, 7) is 4.77. The van der Waals surface area contributed by atoms with Gasteiger partial charge in [-0.1, -0.05) is 13.8 Å². The number of carbonyl (C=O) groups excluding carboxylic acids is 1. The summed E-state index contributed by atoms with van der Waals surface area (Å²) >= 11 is 0. The first-order chi connectivity index (χ1) is 7.68. The molecule has 0 aromatic carbocycles. The molecule has 3 aliphatic rings. The Balaban J connectivity index is 1.48. The van der Waals surface area contributed by atoms with E-state index in [0.29, 0.717) is 30.3 Å². The van der Waals surface area contributed by atoms with Crippen LogP contribution in [0.15, 0.2) is 0 Å². The highest BCUT2D eigenvalue weighted by Crippen LogP contribution is 2.69. The van der Waals surface area contributed by atoms with Crippen LogP contribution in [0, 0.1) is 35.5 Å². The molecule has 4 unspecified atom stereocenters. The fourth-order valence-corrected chi connectivity index (χ4v) is 4.02. The third-order valence-corrected chi connectivity index (χ3v) is 4.63. The van der Waals surface area contributed by atoms with Crippen molar-refractivity contribution < 1.29 is 9.63 Å². The van der Waals surface area contributed by atoms with E-state index in [2.05, 4.69) is 19.3 Å². The van der Waals surface area contributed by atoms with E-state index in [1.807, 2.05) is 0 Å². The topological polar surface area (TPSA) is 38.3 Å². The first kappa shape index (κ1) is 10.6. The largest absolute Gasteiger partial charge is 0.273 e. The molecule has 3 fully saturated rings. The van der Waals surface area contributed by atoms with Crippen molar-refractivity contribution in [1.29, 1.82) is 0 Å². The highest BCUT2D eigenvalue weighted by Gasteiger charge is 2.67. The van der Waals surface area contributed by atoms with Gasteiger partial charge in [-0.05, 0) is 48.9 Å². The van der Waals surface area contributed by atoms with E-state index in [0.717, 1.165) is 11.8 Å². The van der Waals surface area contributed by atoms with Crippen LogP contribution in [-0.4, -0.2) is 12.5 Å². The summed E-state index contributed by atoms with van der Waals surface area (Å²) in [5.41, 5.74) is 2.63. The van der Waals surface area contributed by atoms with E-state index >= 15 is 0 Å². The Bertz CT molecular complexity index is 286. The number of fused-ring (bicyclic) bond motifs is 5. The first-order valence-electron chi connectivity index (χ1n) is 6.60. The van der Waals surface area contributed by atoms with Gasteiger partial charge in [0, 0.05) is 5.92 Å². The van der Waals surface area contributed by atoms with Crippen molar-refractivity contribution in [1.82, 2.24) is 5.48 Å². The Kier molecular flexibility index (Phi) is 2.46. The van der Waals surface area contributed by atoms with Gasteiger partial charge in [-0.25, -0.2) is 5.48 Å². The number of amides is 1. The standard InChI is InChI=1S/C13H21NO2/c1-7(2)6-16-14-13(15)12-10-8-3-4-9(5-8)11(10)12/h7-12H,3-6H2,1-2H3,(H,14,15). The number of hydroxylamine groups is 1. The molecule has 3 saturated carbocycles. The second-order valence-electron chi connectivity index (χ2n) is 6.18. The number of hydrogen-bond donors (Lipinski definition) is 1. The number of rotatable bonds is 4. The van der Waals surface area contributed by atoms with Crippen molar-refractivity contribution in [3.8, 4) is 0 Å². The lowest BCUT2D eigenvalue weighted by Gasteiger charge is -2.10. The Morgan fingerprint density at radius 1 is 1.31 bits per heavy atom. The Morgan fingerprint density at radius 2 is 1.94 bits per heavy atom. The molecular weight excluding hydrogens is 202 g/mol. The summed E-state index contributed by atoms with van der Waals surface area (Å²) in [6, 6.07) is 0. The maximum atomic E-state index is 11.9. The molecule has 3 heteroatoms. The molecule has 0 aromatic rings. The maximum absolute atomic E-state index is 11.9. The highest BCUT2D eigenvalue weighted by molar-refractivity contribution is 5.81. The van der Waals surface area contributed by atoms with Crippen molar-refractivity contribution in [3.63, 3.8) is 0 Å². The van der Waals surface area contributed by atoms with Crippen LogP contribution in [0.1, 0.15) is 33.1 Å². The lowest BCUT2D eigenvalue weighted by Crippen LogP contribution is -2.29. The Labute approximate surface area is 96.9 Å². The van der Waals surface area contributed by atoms with Gasteiger partial charge in [-0.2, -0.15) is 0 Å². The smallest absolute Gasteiger partial charge is 0.247 e. The predicted molar refractivity (Wildman–Crippen MR) is 60.2 cm³/mol. The fourth-order valence-electron chi connectivity index (χ4n) is 4.02. The van der Waals surface area contributed by atoms with Crippen LogP contribution < -0.4 is 5.48 Å². The quantitative estimate of drug-likeness (QED) is 0.740. The monoisotopic (exact) mass is 223 g/mol. The second kappa shape index (κ2) is 3.73. The van der Waals surface area contributed by atoms with E-state index < -0.39 is 0 Å². The first-order valence-corrected chi connectivity index (χ1v) is 6.60. The lowest BCUT2D eigenvalue weighted by atomic mass is 10.0. The SMILES string of the molecule is CC(C)CONC(=O)C1C2C3CCC(C3)C12. The van der Waals surface area contributed by atoms with Crippen LogP contribution in [0.2, 0.25) is 0 Å². The predicted octanol–water partition coefficient (Wildman–Crippen LogP) is 1.98. The minimum absolute atomic E-state index is 0.146. The summed E-state index contributed by atoms with van der Waals surface area (Å²) in [5.74, 6) is 4.04. The Morgan fingerprint density at radius 3 is 2.50 bits per heavy atom. The molecule has 90 valence electrons. The van der Waals surface area contributed by atoms with Crippen LogP contribution in [0.5, 0.6) is 0 Å². The zero-order valence-electron chi connectivity index (χ0n) is 10.1. The van der Waals surface area contributed by atoms with Crippen molar-refractivity contribution >= 4 is 5.91 Å². The van der Waals surface area contributed by atoms with Crippen LogP contribution in [0.3, 0.4) is 0 Å². The normalized spacial score (nSPS) is 43.6. The summed E-state index contributed by atoms with van der Waals surface area (Å²) < 4.78 is 0. The molecule has 16 heavy (non-hydrogen) atoms. The molecule has 3 aliphatic carbocycles. The van der Waals surface area contributed by atoms with Crippen molar-refractivity contribution in [2.24, 2.45) is 35.5 Å². The molecule has 2 bridgehead atoms. The zero-order chi connectivity index (χ0) is 11.3. The fraction of sp³-hybridized carbons (Fsp3) is 0.923. The molecule has 1 amide bonds. The van der Waals surface area contributed by atoms with E-state index in [-0.39, 0.29) is 5.91 Å². The minimum atomic E-state index is 0.146. The minimum Gasteiger partial charge on any atom is -0.273 e. The van der Waals surface area contributed by atoms with Crippen LogP contribution in [-0.2, 0) is 9.63 Å². The van der Waals surface area contributed by atoms with Gasteiger partial charge in [0.1, 0.15) is 0 Å². The molecule has 0 saturated heterocycles. The molecule has 0 heterocycles. The highest BCUT2D eigenvalue weighted by atomic mass is 16.7. The van der Waals surface area contributed by atoms with Crippen molar-refractivity contribution in [2.75, 3.05) is 6.61 Å². The maximum Gasteiger partial charge on any atom is 0.247 e. The van der Waals surface area contributed by atoms with E-state index in [4.69, 9.17) is 4.84 Å². The van der Waals surface area contributed by atoms with Gasteiger partial charge in [0.2, 0.25) is 5.91 Å². The van der Waals surface area contributed by atoms with E-state index in [9.17, 15) is 4.79 Å². The van der Waals surface area contributed by atoms with Gasteiger partial charge in [0.15, 0.2) is 0 Å². The molecular formula is C13H21NO2. The van der Waals surface area contributed by atoms with Gasteiger partial charge in [-0.15, -0.1) is 0 Å². The average Bonchev–Trinajstić information content (AvgIpc) is 2.68. The third kappa shape index (κ3) is 1.56. The number of hydrogen-bond acceptors (Lipinski definition) is 2. The van der Waals surface area contributed by atoms with Crippen molar-refractivity contribution in [2.45, 2.75) is 33.1 Å². The van der Waals surface area contributed by atoms with Crippen LogP contribution >= 0.6 is 0 Å². The number of carbonyl (C=O) groups is 1. The Hall–Kier alpha value is -0.570. The molecule has 0 aromatic heterocycles. The van der Waals surface area contributed by atoms with Crippen molar-refractivity contribution in [3.05, 3.63) is 0 Å². The second-order valence-corrected chi connectivity index (χ2v) is 6.18. The van der Waals surface area contributed by atoms with Crippen LogP contribution in [0.25, 0.3) is 0 Å². The van der Waals surface area contributed by atoms with Crippen LogP contribution in [0.4, 0.5) is 0 Å². The summed E-state index contributed by atoms with van der Waals surface area (Å²) in [6.07, 6.45) is 4.12. The molecule has 0 radical (unpaired) electrons. The molecule has 3 nitrogen and oxygen atoms in total. The summed E-state index contributed by atoms with van der Waals surface area (Å²) in [7, 11) is 0. The average molecular weight is 223 g/mol. The molecule has 1 N–H and O–H groups in total. The molecule has 4 atom stereocenters.